The maximum absolute atomic E-state index is 12.9. The number of alkyl halides is 2. The van der Waals surface area contributed by atoms with Crippen molar-refractivity contribution in [3.63, 3.8) is 0 Å². The molecule has 2 unspecified atom stereocenters. The van der Waals surface area contributed by atoms with E-state index in [1.807, 2.05) is 0 Å². The molecule has 0 saturated carbocycles. The van der Waals surface area contributed by atoms with Crippen molar-refractivity contribution in [2.24, 2.45) is 0 Å². The van der Waals surface area contributed by atoms with Gasteiger partial charge in [0.2, 0.25) is 7.14 Å². The molecule has 0 aromatic heterocycles. The van der Waals surface area contributed by atoms with Crippen molar-refractivity contribution in [3.8, 4) is 0 Å². The van der Waals surface area contributed by atoms with Gasteiger partial charge >= 0.3 is 0 Å². The maximum Gasteiger partial charge on any atom is 0.300 e. The van der Waals surface area contributed by atoms with Crippen LogP contribution in [0.5, 0.6) is 0 Å². The molecule has 3 nitrogen and oxygen atoms in total. The SMILES string of the molecule is CC(F)(F)P(=O)(C1CO1)C1CO1. The molecule has 0 aliphatic carbocycles. The quantitative estimate of drug-likeness (QED) is 0.511. The lowest BCUT2D eigenvalue weighted by molar-refractivity contribution is 0.107. The van der Waals surface area contributed by atoms with Gasteiger partial charge in [-0.25, -0.2) is 0 Å². The van der Waals surface area contributed by atoms with E-state index in [4.69, 9.17) is 0 Å². The third-order valence-electron chi connectivity index (χ3n) is 2.10. The van der Waals surface area contributed by atoms with Gasteiger partial charge in [-0.05, 0) is 0 Å². The minimum atomic E-state index is -3.60. The lowest BCUT2D eigenvalue weighted by Gasteiger charge is -2.20. The van der Waals surface area contributed by atoms with Crippen LogP contribution >= 0.6 is 7.14 Å². The average Bonchev–Trinajstić information content (AvgIpc) is 2.79. The van der Waals surface area contributed by atoms with E-state index in [9.17, 15) is 13.3 Å². The topological polar surface area (TPSA) is 42.1 Å². The van der Waals surface area contributed by atoms with Gasteiger partial charge in [0.05, 0.1) is 13.2 Å². The van der Waals surface area contributed by atoms with Crippen molar-refractivity contribution in [2.75, 3.05) is 13.2 Å². The molecular weight excluding hydrogens is 189 g/mol. The van der Waals surface area contributed by atoms with Gasteiger partial charge in [0.1, 0.15) is 11.7 Å². The number of halogens is 2. The molecule has 0 bridgehead atoms. The summed E-state index contributed by atoms with van der Waals surface area (Å²) >= 11 is 0. The zero-order valence-corrected chi connectivity index (χ0v) is 7.39. The number of rotatable bonds is 3. The van der Waals surface area contributed by atoms with Crippen molar-refractivity contribution < 1.29 is 22.8 Å². The van der Waals surface area contributed by atoms with Crippen LogP contribution in [0.2, 0.25) is 0 Å². The van der Waals surface area contributed by atoms with Crippen LogP contribution in [0.1, 0.15) is 6.92 Å². The van der Waals surface area contributed by atoms with Gasteiger partial charge in [0.25, 0.3) is 5.66 Å². The molecule has 6 heteroatoms. The summed E-state index contributed by atoms with van der Waals surface area (Å²) in [6, 6.07) is 0. The predicted octanol–water partition coefficient (Wildman–Crippen LogP) is 1.67. The zero-order chi connectivity index (χ0) is 8.98. The van der Waals surface area contributed by atoms with Crippen LogP contribution in [-0.2, 0) is 14.0 Å². The Kier molecular flexibility index (Phi) is 1.63. The Hall–Kier alpha value is 0.01000. The van der Waals surface area contributed by atoms with Crippen molar-refractivity contribution >= 4 is 7.14 Å². The number of hydrogen-bond donors (Lipinski definition) is 0. The summed E-state index contributed by atoms with van der Waals surface area (Å²) in [5.41, 5.74) is -3.17. The highest BCUT2D eigenvalue weighted by Crippen LogP contribution is 2.73. The number of epoxide rings is 2. The van der Waals surface area contributed by atoms with E-state index >= 15 is 0 Å². The lowest BCUT2D eigenvalue weighted by Crippen LogP contribution is -2.18. The Morgan fingerprint density at radius 2 is 1.67 bits per heavy atom. The van der Waals surface area contributed by atoms with Gasteiger partial charge in [-0.15, -0.1) is 0 Å². The fourth-order valence-electron chi connectivity index (χ4n) is 1.22. The van der Waals surface area contributed by atoms with Gasteiger partial charge in [-0.1, -0.05) is 0 Å². The molecular formula is C6H9F2O3P. The Balaban J connectivity index is 2.26. The second kappa shape index (κ2) is 2.28. The predicted molar refractivity (Wildman–Crippen MR) is 37.7 cm³/mol. The summed E-state index contributed by atoms with van der Waals surface area (Å²) < 4.78 is 47.0. The van der Waals surface area contributed by atoms with Gasteiger partial charge in [-0.3, -0.25) is 0 Å². The van der Waals surface area contributed by atoms with Crippen LogP contribution in [0, 0.1) is 0 Å². The molecule has 2 atom stereocenters. The molecule has 2 rings (SSSR count). The van der Waals surface area contributed by atoms with Crippen LogP contribution in [-0.4, -0.2) is 30.6 Å². The highest BCUT2D eigenvalue weighted by Gasteiger charge is 2.65. The van der Waals surface area contributed by atoms with E-state index in [1.54, 1.807) is 0 Å². The molecule has 2 aliphatic heterocycles. The van der Waals surface area contributed by atoms with E-state index in [2.05, 4.69) is 9.47 Å². The average molecular weight is 198 g/mol. The van der Waals surface area contributed by atoms with Crippen molar-refractivity contribution in [1.29, 1.82) is 0 Å². The number of ether oxygens (including phenoxy) is 2. The smallest absolute Gasteiger partial charge is 0.300 e. The molecule has 0 spiro atoms. The van der Waals surface area contributed by atoms with E-state index in [1.165, 1.54) is 0 Å². The first kappa shape index (κ1) is 8.60. The molecule has 12 heavy (non-hydrogen) atoms. The fourth-order valence-corrected chi connectivity index (χ4v) is 3.66. The molecule has 2 saturated heterocycles. The molecule has 70 valence electrons. The summed E-state index contributed by atoms with van der Waals surface area (Å²) in [6.45, 7) is 1.04. The second-order valence-electron chi connectivity index (χ2n) is 3.13. The van der Waals surface area contributed by atoms with Crippen LogP contribution in [0.3, 0.4) is 0 Å². The zero-order valence-electron chi connectivity index (χ0n) is 6.50. The highest BCUT2D eigenvalue weighted by atomic mass is 31.2. The van der Waals surface area contributed by atoms with E-state index in [0.717, 1.165) is 0 Å². The Bertz CT molecular complexity index is 226. The van der Waals surface area contributed by atoms with Gasteiger partial charge in [-0.2, -0.15) is 8.78 Å². The summed E-state index contributed by atoms with van der Waals surface area (Å²) in [4.78, 5) is 0. The van der Waals surface area contributed by atoms with E-state index in [0.29, 0.717) is 6.92 Å². The number of hydrogen-bond acceptors (Lipinski definition) is 3. The Morgan fingerprint density at radius 1 is 1.33 bits per heavy atom. The first-order valence-corrected chi connectivity index (χ1v) is 5.51. The van der Waals surface area contributed by atoms with E-state index in [-0.39, 0.29) is 13.2 Å². The molecule has 0 amide bonds. The molecule has 2 fully saturated rings. The van der Waals surface area contributed by atoms with Gasteiger partial charge < -0.3 is 14.0 Å². The monoisotopic (exact) mass is 198 g/mol. The van der Waals surface area contributed by atoms with Gasteiger partial charge in [0, 0.05) is 6.92 Å². The Morgan fingerprint density at radius 3 is 1.83 bits per heavy atom. The van der Waals surface area contributed by atoms with Crippen LogP contribution < -0.4 is 0 Å². The first-order valence-electron chi connectivity index (χ1n) is 3.67. The minimum Gasteiger partial charge on any atom is -0.365 e. The first-order chi connectivity index (χ1) is 5.46. The molecule has 0 aromatic rings. The fraction of sp³-hybridized carbons (Fsp3) is 1.00. The standard InChI is InChI=1S/C6H9F2O3P/c1-6(7,8)12(9,4-2-10-4)5-3-11-5/h4-5H,2-3H2,1H3. The van der Waals surface area contributed by atoms with Crippen molar-refractivity contribution in [1.82, 2.24) is 0 Å². The minimum absolute atomic E-state index is 0.181. The molecule has 0 aromatic carbocycles. The third kappa shape index (κ3) is 1.11. The van der Waals surface area contributed by atoms with Gasteiger partial charge in [0.15, 0.2) is 0 Å². The molecule has 0 N–H and O–H groups in total. The largest absolute Gasteiger partial charge is 0.365 e. The van der Waals surface area contributed by atoms with Crippen LogP contribution in [0.15, 0.2) is 0 Å². The third-order valence-corrected chi connectivity index (χ3v) is 5.64. The normalized spacial score (nSPS) is 38.9. The maximum atomic E-state index is 12.9. The van der Waals surface area contributed by atoms with Crippen molar-refractivity contribution in [2.45, 2.75) is 24.3 Å². The molecule has 0 radical (unpaired) electrons. The van der Waals surface area contributed by atoms with E-state index < -0.39 is 24.5 Å². The van der Waals surface area contributed by atoms with Crippen LogP contribution in [0.4, 0.5) is 8.78 Å². The second-order valence-corrected chi connectivity index (χ2v) is 6.48. The summed E-state index contributed by atoms with van der Waals surface area (Å²) in [6.07, 6.45) is 0. The highest BCUT2D eigenvalue weighted by molar-refractivity contribution is 7.66. The molecule has 2 heterocycles. The van der Waals surface area contributed by atoms with Crippen molar-refractivity contribution in [3.05, 3.63) is 0 Å². The van der Waals surface area contributed by atoms with Crippen LogP contribution in [0.25, 0.3) is 0 Å². The lowest BCUT2D eigenvalue weighted by atomic mass is 10.8. The Labute approximate surface area is 68.4 Å². The molecule has 2 aliphatic rings. The summed E-state index contributed by atoms with van der Waals surface area (Å²) in [7, 11) is -3.60. The summed E-state index contributed by atoms with van der Waals surface area (Å²) in [5, 5.41) is 0. The summed E-state index contributed by atoms with van der Waals surface area (Å²) in [5.74, 6) is -1.52.